The number of aromatic nitrogens is 5. The van der Waals surface area contributed by atoms with E-state index in [-0.39, 0.29) is 35.9 Å². The van der Waals surface area contributed by atoms with Gasteiger partial charge in [-0.3, -0.25) is 14.4 Å². The Kier molecular flexibility index (Phi) is 6.29. The second-order valence-corrected chi connectivity index (χ2v) is 7.99. The summed E-state index contributed by atoms with van der Waals surface area (Å²) in [6, 6.07) is 8.08. The Morgan fingerprint density at radius 2 is 1.91 bits per heavy atom. The number of hydrogen-bond acceptors (Lipinski definition) is 7. The highest BCUT2D eigenvalue weighted by atomic mass is 16.5. The van der Waals surface area contributed by atoms with Crippen molar-refractivity contribution in [3.63, 3.8) is 0 Å². The summed E-state index contributed by atoms with van der Waals surface area (Å²) in [4.78, 5) is 45.6. The molecule has 0 aliphatic carbocycles. The van der Waals surface area contributed by atoms with E-state index in [0.29, 0.717) is 43.9 Å². The van der Waals surface area contributed by atoms with Crippen LogP contribution in [0.5, 0.6) is 0 Å². The largest absolute Gasteiger partial charge is 0.466 e. The number of esters is 1. The van der Waals surface area contributed by atoms with Gasteiger partial charge in [0.05, 0.1) is 13.2 Å². The van der Waals surface area contributed by atoms with Gasteiger partial charge in [0, 0.05) is 19.0 Å². The third-order valence-electron chi connectivity index (χ3n) is 5.68. The topological polar surface area (TPSA) is 123 Å². The first-order valence-electron chi connectivity index (χ1n) is 10.8. The van der Waals surface area contributed by atoms with Crippen LogP contribution in [0.1, 0.15) is 49.1 Å². The number of piperidine rings is 1. The zero-order chi connectivity index (χ0) is 22.7. The van der Waals surface area contributed by atoms with E-state index in [1.54, 1.807) is 16.5 Å². The van der Waals surface area contributed by atoms with Crippen LogP contribution < -0.4 is 5.56 Å². The minimum atomic E-state index is -0.509. The number of hydrogen-bond donors (Lipinski definition) is 1. The van der Waals surface area contributed by atoms with Crippen molar-refractivity contribution < 1.29 is 14.3 Å². The summed E-state index contributed by atoms with van der Waals surface area (Å²) in [6.07, 6.45) is 1.04. The first-order valence-corrected chi connectivity index (χ1v) is 10.8. The summed E-state index contributed by atoms with van der Waals surface area (Å²) < 4.78 is 6.49. The molecule has 10 nitrogen and oxygen atoms in total. The van der Waals surface area contributed by atoms with Crippen molar-refractivity contribution in [3.05, 3.63) is 51.6 Å². The van der Waals surface area contributed by atoms with Gasteiger partial charge in [0.2, 0.25) is 5.91 Å². The molecule has 1 aliphatic rings. The van der Waals surface area contributed by atoms with Crippen molar-refractivity contribution in [1.82, 2.24) is 29.9 Å². The van der Waals surface area contributed by atoms with Crippen molar-refractivity contribution in [3.8, 4) is 0 Å². The summed E-state index contributed by atoms with van der Waals surface area (Å²) in [5.41, 5.74) is 2.55. The van der Waals surface area contributed by atoms with E-state index in [9.17, 15) is 14.4 Å². The Morgan fingerprint density at radius 1 is 1.19 bits per heavy atom. The summed E-state index contributed by atoms with van der Waals surface area (Å²) in [5.74, 6) is -0.168. The lowest BCUT2D eigenvalue weighted by Gasteiger charge is -2.31. The fourth-order valence-electron chi connectivity index (χ4n) is 3.90. The van der Waals surface area contributed by atoms with Gasteiger partial charge in [-0.1, -0.05) is 35.0 Å². The second-order valence-electron chi connectivity index (χ2n) is 7.99. The Bertz CT molecular complexity index is 1180. The molecule has 0 atom stereocenters. The van der Waals surface area contributed by atoms with Crippen LogP contribution in [0, 0.1) is 6.92 Å². The molecule has 4 rings (SSSR count). The van der Waals surface area contributed by atoms with Crippen molar-refractivity contribution in [1.29, 1.82) is 0 Å². The molecule has 168 valence electrons. The van der Waals surface area contributed by atoms with Crippen LogP contribution >= 0.6 is 0 Å². The Balaban J connectivity index is 1.48. The summed E-state index contributed by atoms with van der Waals surface area (Å²) in [7, 11) is 0. The highest BCUT2D eigenvalue weighted by Gasteiger charge is 2.27. The van der Waals surface area contributed by atoms with Gasteiger partial charge in [-0.2, -0.15) is 0 Å². The first kappa shape index (κ1) is 21.7. The predicted octanol–water partition coefficient (Wildman–Crippen LogP) is 1.53. The van der Waals surface area contributed by atoms with Crippen LogP contribution in [0.2, 0.25) is 0 Å². The maximum absolute atomic E-state index is 12.6. The molecule has 1 aliphatic heterocycles. The van der Waals surface area contributed by atoms with E-state index in [2.05, 4.69) is 20.3 Å². The van der Waals surface area contributed by atoms with Crippen LogP contribution in [0.15, 0.2) is 29.1 Å². The van der Waals surface area contributed by atoms with Gasteiger partial charge in [0.15, 0.2) is 11.2 Å². The molecule has 1 saturated heterocycles. The van der Waals surface area contributed by atoms with Gasteiger partial charge >= 0.3 is 5.97 Å². The number of likely N-dealkylation sites (tertiary alicyclic amines) is 1. The minimum Gasteiger partial charge on any atom is -0.466 e. The Morgan fingerprint density at radius 3 is 2.59 bits per heavy atom. The molecule has 3 aromatic rings. The molecule has 10 heteroatoms. The molecule has 1 fully saturated rings. The number of nitrogens with zero attached hydrogens (tertiary/aromatic N) is 5. The number of amides is 1. The molecule has 32 heavy (non-hydrogen) atoms. The van der Waals surface area contributed by atoms with Crippen molar-refractivity contribution in [2.45, 2.75) is 45.6 Å². The van der Waals surface area contributed by atoms with Crippen LogP contribution in [0.25, 0.3) is 11.2 Å². The molecule has 2 aromatic heterocycles. The normalized spacial score (nSPS) is 14.6. The number of aryl methyl sites for hydroxylation is 1. The molecule has 3 heterocycles. The van der Waals surface area contributed by atoms with Gasteiger partial charge in [0.1, 0.15) is 12.2 Å². The zero-order valence-electron chi connectivity index (χ0n) is 18.2. The van der Waals surface area contributed by atoms with Crippen LogP contribution in [0.4, 0.5) is 0 Å². The number of benzene rings is 1. The average Bonchev–Trinajstić information content (AvgIpc) is 3.19. The molecule has 1 amide bonds. The lowest BCUT2D eigenvalue weighted by Crippen LogP contribution is -2.39. The minimum absolute atomic E-state index is 0.00136. The van der Waals surface area contributed by atoms with Gasteiger partial charge in [-0.05, 0) is 32.3 Å². The third kappa shape index (κ3) is 4.68. The SMILES string of the molecule is CCOC(=O)CC(=O)N1CCC(c2nc3c(nnn3Cc3ccc(C)cc3)c(=O)[nH]2)CC1. The lowest BCUT2D eigenvalue weighted by molar-refractivity contribution is -0.149. The molecule has 0 saturated carbocycles. The van der Waals surface area contributed by atoms with Gasteiger partial charge in [-0.15, -0.1) is 5.10 Å². The number of carbonyl (C=O) groups excluding carboxylic acids is 2. The number of rotatable bonds is 6. The average molecular weight is 438 g/mol. The fourth-order valence-corrected chi connectivity index (χ4v) is 3.90. The van der Waals surface area contributed by atoms with Crippen molar-refractivity contribution >= 4 is 23.0 Å². The van der Waals surface area contributed by atoms with Crippen molar-refractivity contribution in [2.24, 2.45) is 0 Å². The molecule has 0 spiro atoms. The van der Waals surface area contributed by atoms with E-state index in [0.717, 1.165) is 5.56 Å². The standard InChI is InChI=1S/C22H26N6O4/c1-3-32-18(30)12-17(29)27-10-8-16(9-11-27)20-23-21-19(22(31)24-20)25-26-28(21)13-15-6-4-14(2)5-7-15/h4-7,16H,3,8-13H2,1-2H3,(H,23,24,31). The monoisotopic (exact) mass is 438 g/mol. The van der Waals surface area contributed by atoms with E-state index in [1.807, 2.05) is 31.2 Å². The number of aromatic amines is 1. The lowest BCUT2D eigenvalue weighted by atomic mass is 9.95. The van der Waals surface area contributed by atoms with Crippen LogP contribution in [-0.2, 0) is 20.9 Å². The van der Waals surface area contributed by atoms with E-state index < -0.39 is 5.97 Å². The maximum Gasteiger partial charge on any atom is 0.315 e. The van der Waals surface area contributed by atoms with Gasteiger partial charge < -0.3 is 14.6 Å². The zero-order valence-corrected chi connectivity index (χ0v) is 18.2. The van der Waals surface area contributed by atoms with Crippen LogP contribution in [0.3, 0.4) is 0 Å². The number of fused-ring (bicyclic) bond motifs is 1. The highest BCUT2D eigenvalue weighted by molar-refractivity contribution is 5.94. The van der Waals surface area contributed by atoms with Crippen molar-refractivity contribution in [2.75, 3.05) is 19.7 Å². The molecule has 0 radical (unpaired) electrons. The van der Waals surface area contributed by atoms with E-state index in [1.165, 1.54) is 5.56 Å². The number of ether oxygens (including phenoxy) is 1. The Labute approximate surface area is 184 Å². The second kappa shape index (κ2) is 9.29. The maximum atomic E-state index is 12.6. The third-order valence-corrected chi connectivity index (χ3v) is 5.68. The fraction of sp³-hybridized carbons (Fsp3) is 0.455. The molecule has 1 N–H and O–H groups in total. The molecular weight excluding hydrogens is 412 g/mol. The predicted molar refractivity (Wildman–Crippen MR) is 116 cm³/mol. The summed E-state index contributed by atoms with van der Waals surface area (Å²) >= 11 is 0. The summed E-state index contributed by atoms with van der Waals surface area (Å²) in [6.45, 7) is 5.44. The number of nitrogens with one attached hydrogen (secondary N) is 1. The Hall–Kier alpha value is -3.56. The molecular formula is C22H26N6O4. The van der Waals surface area contributed by atoms with Gasteiger partial charge in [0.25, 0.3) is 5.56 Å². The first-order chi connectivity index (χ1) is 15.4. The molecule has 0 unspecified atom stereocenters. The number of H-pyrrole nitrogens is 1. The van der Waals surface area contributed by atoms with E-state index >= 15 is 0 Å². The van der Waals surface area contributed by atoms with Gasteiger partial charge in [-0.25, -0.2) is 9.67 Å². The van der Waals surface area contributed by atoms with Crippen LogP contribution in [-0.4, -0.2) is 61.4 Å². The quantitative estimate of drug-likeness (QED) is 0.457. The molecule has 0 bridgehead atoms. The smallest absolute Gasteiger partial charge is 0.315 e. The molecule has 1 aromatic carbocycles. The highest BCUT2D eigenvalue weighted by Crippen LogP contribution is 2.26. The number of carbonyl (C=O) groups is 2. The summed E-state index contributed by atoms with van der Waals surface area (Å²) in [5, 5.41) is 8.13. The van der Waals surface area contributed by atoms with E-state index in [4.69, 9.17) is 4.74 Å².